The molecule has 3 heteroatoms. The predicted octanol–water partition coefficient (Wildman–Crippen LogP) is 11.1. The Morgan fingerprint density at radius 1 is 0.395 bits per heavy atom. The third kappa shape index (κ3) is 25.6. The van der Waals surface area contributed by atoms with E-state index in [9.17, 15) is 9.59 Å². The van der Waals surface area contributed by atoms with Gasteiger partial charge >= 0.3 is 5.91 Å². The van der Waals surface area contributed by atoms with Crippen LogP contribution in [0.1, 0.15) is 194 Å². The summed E-state index contributed by atoms with van der Waals surface area (Å²) in [5.41, 5.74) is 0. The minimum absolute atomic E-state index is 0.229. The van der Waals surface area contributed by atoms with Gasteiger partial charge in [0.2, 0.25) is 0 Å². The van der Waals surface area contributed by atoms with Crippen molar-refractivity contribution in [2.24, 2.45) is 0 Å². The maximum Gasteiger partial charge on any atom is 0.313 e. The van der Waals surface area contributed by atoms with Crippen LogP contribution in [0, 0.1) is 0 Å². The molecule has 0 heterocycles. The first-order valence-electron chi connectivity index (χ1n) is 17.3. The zero-order valence-corrected chi connectivity index (χ0v) is 26.8. The van der Waals surface area contributed by atoms with E-state index in [1.165, 1.54) is 141 Å². The second kappa shape index (κ2) is 27.9. The molecule has 0 N–H and O–H groups in total. The first-order valence-corrected chi connectivity index (χ1v) is 17.3. The molecule has 0 atom stereocenters. The molecule has 0 unspecified atom stereocenters. The molecule has 0 spiro atoms. The van der Waals surface area contributed by atoms with E-state index >= 15 is 0 Å². The van der Waals surface area contributed by atoms with Crippen molar-refractivity contribution in [3.63, 3.8) is 0 Å². The van der Waals surface area contributed by atoms with E-state index in [1.54, 1.807) is 0 Å². The van der Waals surface area contributed by atoms with Crippen LogP contribution in [0.5, 0.6) is 0 Å². The third-order valence-corrected chi connectivity index (χ3v) is 8.30. The van der Waals surface area contributed by atoms with Gasteiger partial charge in [0.25, 0.3) is 0 Å². The maximum atomic E-state index is 12.7. The molecule has 0 aromatic carbocycles. The van der Waals surface area contributed by atoms with Crippen molar-refractivity contribution < 1.29 is 14.1 Å². The molecule has 0 aromatic heterocycles. The molecule has 0 saturated heterocycles. The standard InChI is InChI=1S/C35H70NO2/c1-5-7-9-11-13-15-17-19-21-23-25-27-29-31-34(37)33-36(3,4)35(38)32-30-28-26-24-22-20-18-16-14-12-10-8-6-2/h5-33H2,1-4H3/q+1. The summed E-state index contributed by atoms with van der Waals surface area (Å²) in [5, 5.41) is 0. The van der Waals surface area contributed by atoms with Crippen LogP contribution in [0.4, 0.5) is 0 Å². The molecule has 0 rings (SSSR count). The largest absolute Gasteiger partial charge is 0.313 e. The highest BCUT2D eigenvalue weighted by atomic mass is 16.2. The van der Waals surface area contributed by atoms with Crippen molar-refractivity contribution in [1.29, 1.82) is 0 Å². The van der Waals surface area contributed by atoms with E-state index in [2.05, 4.69) is 13.8 Å². The van der Waals surface area contributed by atoms with Gasteiger partial charge in [-0.2, -0.15) is 0 Å². The van der Waals surface area contributed by atoms with E-state index in [1.807, 2.05) is 14.1 Å². The van der Waals surface area contributed by atoms with Gasteiger partial charge in [-0.25, -0.2) is 4.79 Å². The Morgan fingerprint density at radius 3 is 0.974 bits per heavy atom. The lowest BCUT2D eigenvalue weighted by Gasteiger charge is -2.26. The number of nitrogens with zero attached hydrogens (tertiary/aromatic N) is 1. The second-order valence-corrected chi connectivity index (χ2v) is 12.8. The van der Waals surface area contributed by atoms with Gasteiger partial charge in [0.15, 0.2) is 5.78 Å². The Balaban J connectivity index is 3.58. The fourth-order valence-electron chi connectivity index (χ4n) is 5.54. The van der Waals surface area contributed by atoms with Crippen molar-refractivity contribution in [2.45, 2.75) is 194 Å². The summed E-state index contributed by atoms with van der Waals surface area (Å²) in [5.74, 6) is 0.489. The lowest BCUT2D eigenvalue weighted by Crippen LogP contribution is -2.48. The summed E-state index contributed by atoms with van der Waals surface area (Å²) in [6, 6.07) is 0. The lowest BCUT2D eigenvalue weighted by atomic mass is 10.0. The van der Waals surface area contributed by atoms with E-state index in [-0.39, 0.29) is 16.2 Å². The number of unbranched alkanes of at least 4 members (excludes halogenated alkanes) is 24. The zero-order valence-electron chi connectivity index (χ0n) is 26.8. The van der Waals surface area contributed by atoms with Crippen LogP contribution in [-0.4, -0.2) is 36.8 Å². The van der Waals surface area contributed by atoms with Gasteiger partial charge in [-0.1, -0.05) is 168 Å². The van der Waals surface area contributed by atoms with Crippen LogP contribution in [0.25, 0.3) is 0 Å². The van der Waals surface area contributed by atoms with Crippen molar-refractivity contribution in [2.75, 3.05) is 20.6 Å². The first kappa shape index (κ1) is 37.3. The molecule has 0 saturated carbocycles. The number of ketones is 1. The lowest BCUT2D eigenvalue weighted by molar-refractivity contribution is -0.805. The summed E-state index contributed by atoms with van der Waals surface area (Å²) < 4.78 is 0.232. The SMILES string of the molecule is CCCCCCCCCCCCCCCC(=O)C[N+](C)(C)C(=O)CCCCCCCCCCCCCCC. The fourth-order valence-corrected chi connectivity index (χ4v) is 5.54. The Kier molecular flexibility index (Phi) is 27.3. The van der Waals surface area contributed by atoms with E-state index in [4.69, 9.17) is 0 Å². The quantitative estimate of drug-likeness (QED) is 0.0675. The Hall–Kier alpha value is -0.700. The Labute approximate surface area is 239 Å². The van der Waals surface area contributed by atoms with Gasteiger partial charge in [-0.05, 0) is 12.8 Å². The highest BCUT2D eigenvalue weighted by Crippen LogP contribution is 2.16. The van der Waals surface area contributed by atoms with Crippen LogP contribution in [0.2, 0.25) is 0 Å². The maximum absolute atomic E-state index is 12.7. The number of Topliss-reactive ketones (excluding diaryl/α,β-unsaturated/α-hetero) is 1. The van der Waals surface area contributed by atoms with Crippen LogP contribution in [0.15, 0.2) is 0 Å². The number of likely N-dealkylation sites (N-methyl/N-ethyl adjacent to an activating group) is 1. The smallest absolute Gasteiger partial charge is 0.293 e. The van der Waals surface area contributed by atoms with Crippen LogP contribution in [-0.2, 0) is 9.59 Å². The van der Waals surface area contributed by atoms with Crippen LogP contribution in [0.3, 0.4) is 0 Å². The highest BCUT2D eigenvalue weighted by molar-refractivity contribution is 5.81. The summed E-state index contributed by atoms with van der Waals surface area (Å²) in [6.07, 6.45) is 35.6. The van der Waals surface area contributed by atoms with Crippen molar-refractivity contribution in [3.8, 4) is 0 Å². The molecular weight excluding hydrogens is 466 g/mol. The van der Waals surface area contributed by atoms with Crippen molar-refractivity contribution in [1.82, 2.24) is 0 Å². The average Bonchev–Trinajstić information content (AvgIpc) is 2.89. The van der Waals surface area contributed by atoms with Crippen molar-refractivity contribution >= 4 is 11.7 Å². The molecule has 0 aromatic rings. The van der Waals surface area contributed by atoms with Gasteiger partial charge in [-0.3, -0.25) is 9.28 Å². The molecule has 0 bridgehead atoms. The van der Waals surface area contributed by atoms with Gasteiger partial charge in [-0.15, -0.1) is 0 Å². The summed E-state index contributed by atoms with van der Waals surface area (Å²) in [4.78, 5) is 25.2. The van der Waals surface area contributed by atoms with Gasteiger partial charge < -0.3 is 0 Å². The van der Waals surface area contributed by atoms with Gasteiger partial charge in [0.1, 0.15) is 6.54 Å². The number of amides is 1. The first-order chi connectivity index (χ1) is 18.4. The molecule has 0 aliphatic rings. The van der Waals surface area contributed by atoms with Crippen LogP contribution >= 0.6 is 0 Å². The molecule has 226 valence electrons. The average molecular weight is 537 g/mol. The number of rotatable bonds is 30. The number of quaternary nitrogens is 1. The van der Waals surface area contributed by atoms with Gasteiger partial charge in [0, 0.05) is 6.42 Å². The molecule has 0 aliphatic heterocycles. The van der Waals surface area contributed by atoms with Gasteiger partial charge in [0.05, 0.1) is 20.5 Å². The topological polar surface area (TPSA) is 34.1 Å². The molecule has 0 radical (unpaired) electrons. The summed E-state index contributed by atoms with van der Waals surface area (Å²) >= 11 is 0. The summed E-state index contributed by atoms with van der Waals surface area (Å²) in [7, 11) is 3.85. The Bertz CT molecular complexity index is 528. The third-order valence-electron chi connectivity index (χ3n) is 8.30. The molecular formula is C35H70NO2+. The van der Waals surface area contributed by atoms with Crippen molar-refractivity contribution in [3.05, 3.63) is 0 Å². The van der Waals surface area contributed by atoms with Crippen LogP contribution < -0.4 is 0 Å². The van der Waals surface area contributed by atoms with E-state index < -0.39 is 0 Å². The number of carbonyl (C=O) groups is 2. The molecule has 1 amide bonds. The Morgan fingerprint density at radius 2 is 0.658 bits per heavy atom. The predicted molar refractivity (Wildman–Crippen MR) is 168 cm³/mol. The molecule has 0 fully saturated rings. The summed E-state index contributed by atoms with van der Waals surface area (Å²) in [6.45, 7) is 4.92. The van der Waals surface area contributed by atoms with E-state index in [0.717, 1.165) is 25.7 Å². The second-order valence-electron chi connectivity index (χ2n) is 12.8. The molecule has 0 aliphatic carbocycles. The zero-order chi connectivity index (χ0) is 28.2. The number of hydrogen-bond donors (Lipinski definition) is 0. The monoisotopic (exact) mass is 537 g/mol. The number of hydrogen-bond acceptors (Lipinski definition) is 2. The number of carbonyl (C=O) groups excluding carboxylic acids is 2. The normalized spacial score (nSPS) is 11.8. The minimum Gasteiger partial charge on any atom is -0.293 e. The molecule has 38 heavy (non-hydrogen) atoms. The van der Waals surface area contributed by atoms with E-state index in [0.29, 0.717) is 19.4 Å². The fraction of sp³-hybridized carbons (Fsp3) is 0.943. The minimum atomic E-state index is 0.229. The molecule has 3 nitrogen and oxygen atoms in total. The highest BCUT2D eigenvalue weighted by Gasteiger charge is 2.28.